The van der Waals surface area contributed by atoms with E-state index in [1.54, 1.807) is 19.1 Å². The van der Waals surface area contributed by atoms with Crippen molar-refractivity contribution >= 4 is 5.91 Å². The molecule has 8 heteroatoms. The molecule has 3 rings (SSSR count). The van der Waals surface area contributed by atoms with Crippen LogP contribution >= 0.6 is 0 Å². The first-order chi connectivity index (χ1) is 13.3. The standard InChI is InChI=1S/C20H21F3N2O3/c1-27-17-9-13-4-7-25(8-5-14(13)10-18(17)28-2)19(26)12-16-11-15(3-6-24-16)20(21,22)23/h3,6,9-11H,4-5,7-8,12H2,1-2H3. The highest BCUT2D eigenvalue weighted by Gasteiger charge is 2.31. The van der Waals surface area contributed by atoms with Crippen molar-refractivity contribution < 1.29 is 27.4 Å². The van der Waals surface area contributed by atoms with Gasteiger partial charge in [-0.15, -0.1) is 0 Å². The van der Waals surface area contributed by atoms with Gasteiger partial charge in [-0.2, -0.15) is 13.2 Å². The van der Waals surface area contributed by atoms with Crippen molar-refractivity contribution in [3.8, 4) is 11.5 Å². The average molecular weight is 394 g/mol. The summed E-state index contributed by atoms with van der Waals surface area (Å²) in [5, 5.41) is 0. The first kappa shape index (κ1) is 20.0. The van der Waals surface area contributed by atoms with E-state index in [0.29, 0.717) is 37.4 Å². The van der Waals surface area contributed by atoms with Crippen molar-refractivity contribution in [2.24, 2.45) is 0 Å². The monoisotopic (exact) mass is 394 g/mol. The molecule has 0 unspecified atom stereocenters. The zero-order valence-electron chi connectivity index (χ0n) is 15.7. The number of amides is 1. The van der Waals surface area contributed by atoms with E-state index in [9.17, 15) is 18.0 Å². The van der Waals surface area contributed by atoms with Crippen LogP contribution in [0.4, 0.5) is 13.2 Å². The predicted octanol–water partition coefficient (Wildman–Crippen LogP) is 3.29. The Labute approximate surface area is 161 Å². The molecule has 0 atom stereocenters. The lowest BCUT2D eigenvalue weighted by atomic mass is 10.0. The summed E-state index contributed by atoms with van der Waals surface area (Å²) in [5.41, 5.74) is 1.47. The van der Waals surface area contributed by atoms with Gasteiger partial charge in [0.2, 0.25) is 5.91 Å². The fourth-order valence-electron chi connectivity index (χ4n) is 3.32. The third kappa shape index (κ3) is 4.37. The Morgan fingerprint density at radius 2 is 1.64 bits per heavy atom. The lowest BCUT2D eigenvalue weighted by Gasteiger charge is -2.20. The number of alkyl halides is 3. The van der Waals surface area contributed by atoms with E-state index in [0.717, 1.165) is 29.5 Å². The zero-order chi connectivity index (χ0) is 20.3. The van der Waals surface area contributed by atoms with Crippen LogP contribution in [0.1, 0.15) is 22.4 Å². The van der Waals surface area contributed by atoms with Gasteiger partial charge in [0.05, 0.1) is 31.9 Å². The molecule has 1 aliphatic rings. The van der Waals surface area contributed by atoms with Gasteiger partial charge < -0.3 is 14.4 Å². The number of aromatic nitrogens is 1. The number of benzene rings is 1. The number of carbonyl (C=O) groups is 1. The van der Waals surface area contributed by atoms with Gasteiger partial charge in [-0.05, 0) is 48.2 Å². The molecule has 0 radical (unpaired) electrons. The summed E-state index contributed by atoms with van der Waals surface area (Å²) in [6, 6.07) is 5.66. The van der Waals surface area contributed by atoms with Gasteiger partial charge in [-0.25, -0.2) is 0 Å². The number of rotatable bonds is 4. The second kappa shape index (κ2) is 8.08. The molecule has 2 aromatic rings. The van der Waals surface area contributed by atoms with Crippen LogP contribution in [-0.4, -0.2) is 43.1 Å². The number of fused-ring (bicyclic) bond motifs is 1. The van der Waals surface area contributed by atoms with Gasteiger partial charge in [0.25, 0.3) is 0 Å². The zero-order valence-corrected chi connectivity index (χ0v) is 15.7. The lowest BCUT2D eigenvalue weighted by Crippen LogP contribution is -2.34. The molecule has 0 N–H and O–H groups in total. The third-order valence-electron chi connectivity index (χ3n) is 4.84. The maximum atomic E-state index is 12.8. The summed E-state index contributed by atoms with van der Waals surface area (Å²) in [6.07, 6.45) is -2.26. The average Bonchev–Trinajstić information content (AvgIpc) is 2.88. The first-order valence-corrected chi connectivity index (χ1v) is 8.85. The number of methoxy groups -OCH3 is 2. The van der Waals surface area contributed by atoms with Crippen LogP contribution in [0.2, 0.25) is 0 Å². The fraction of sp³-hybridized carbons (Fsp3) is 0.400. The SMILES string of the molecule is COc1cc2c(cc1OC)CCN(C(=O)Cc1cc(C(F)(F)F)ccn1)CC2. The molecule has 0 saturated carbocycles. The van der Waals surface area contributed by atoms with Crippen LogP contribution in [0.3, 0.4) is 0 Å². The number of carbonyl (C=O) groups excluding carboxylic acids is 1. The minimum Gasteiger partial charge on any atom is -0.493 e. The largest absolute Gasteiger partial charge is 0.493 e. The molecule has 5 nitrogen and oxygen atoms in total. The molecular formula is C20H21F3N2O3. The van der Waals surface area contributed by atoms with Crippen LogP contribution in [-0.2, 0) is 30.2 Å². The van der Waals surface area contributed by atoms with Crippen molar-refractivity contribution in [3.63, 3.8) is 0 Å². The molecule has 0 aliphatic carbocycles. The first-order valence-electron chi connectivity index (χ1n) is 8.85. The van der Waals surface area contributed by atoms with E-state index in [1.165, 1.54) is 0 Å². The minimum absolute atomic E-state index is 0.116. The number of ether oxygens (including phenoxy) is 2. The highest BCUT2D eigenvalue weighted by molar-refractivity contribution is 5.78. The van der Waals surface area contributed by atoms with Gasteiger partial charge in [-0.1, -0.05) is 0 Å². The maximum absolute atomic E-state index is 12.8. The Kier molecular flexibility index (Phi) is 5.76. The Hall–Kier alpha value is -2.77. The van der Waals surface area contributed by atoms with Gasteiger partial charge >= 0.3 is 6.18 Å². The Bertz CT molecular complexity index is 833. The molecule has 0 bridgehead atoms. The lowest BCUT2D eigenvalue weighted by molar-refractivity contribution is -0.138. The predicted molar refractivity (Wildman–Crippen MR) is 96.5 cm³/mol. The molecule has 0 fully saturated rings. The summed E-state index contributed by atoms with van der Waals surface area (Å²) >= 11 is 0. The molecule has 0 spiro atoms. The van der Waals surface area contributed by atoms with Crippen molar-refractivity contribution in [2.45, 2.75) is 25.4 Å². The van der Waals surface area contributed by atoms with E-state index in [-0.39, 0.29) is 18.0 Å². The second-order valence-electron chi connectivity index (χ2n) is 6.57. The van der Waals surface area contributed by atoms with Crippen molar-refractivity contribution in [2.75, 3.05) is 27.3 Å². The summed E-state index contributed by atoms with van der Waals surface area (Å²) in [7, 11) is 3.14. The van der Waals surface area contributed by atoms with E-state index < -0.39 is 11.7 Å². The molecule has 1 amide bonds. The van der Waals surface area contributed by atoms with Crippen LogP contribution in [0.15, 0.2) is 30.5 Å². The summed E-state index contributed by atoms with van der Waals surface area (Å²) < 4.78 is 49.2. The third-order valence-corrected chi connectivity index (χ3v) is 4.84. The van der Waals surface area contributed by atoms with Gasteiger partial charge in [0.1, 0.15) is 0 Å². The van der Waals surface area contributed by atoms with E-state index >= 15 is 0 Å². The van der Waals surface area contributed by atoms with Gasteiger partial charge in [0, 0.05) is 19.3 Å². The summed E-state index contributed by atoms with van der Waals surface area (Å²) in [4.78, 5) is 18.2. The number of halogens is 3. The fourth-order valence-corrected chi connectivity index (χ4v) is 3.32. The van der Waals surface area contributed by atoms with Gasteiger partial charge in [0.15, 0.2) is 11.5 Å². The quantitative estimate of drug-likeness (QED) is 0.799. The van der Waals surface area contributed by atoms with Crippen LogP contribution in [0, 0.1) is 0 Å². The number of hydrogen-bond acceptors (Lipinski definition) is 4. The molecule has 1 aliphatic heterocycles. The van der Waals surface area contributed by atoms with Gasteiger partial charge in [-0.3, -0.25) is 9.78 Å². The minimum atomic E-state index is -4.46. The van der Waals surface area contributed by atoms with E-state index in [2.05, 4.69) is 4.98 Å². The second-order valence-corrected chi connectivity index (χ2v) is 6.57. The number of hydrogen-bond donors (Lipinski definition) is 0. The Morgan fingerprint density at radius 3 is 2.14 bits per heavy atom. The molecular weight excluding hydrogens is 373 g/mol. The molecule has 150 valence electrons. The number of pyridine rings is 1. The maximum Gasteiger partial charge on any atom is 0.416 e. The summed E-state index contributed by atoms with van der Waals surface area (Å²) in [6.45, 7) is 0.973. The smallest absolute Gasteiger partial charge is 0.416 e. The molecule has 0 saturated heterocycles. The highest BCUT2D eigenvalue weighted by atomic mass is 19.4. The van der Waals surface area contributed by atoms with Crippen LogP contribution < -0.4 is 9.47 Å². The number of nitrogens with zero attached hydrogens (tertiary/aromatic N) is 2. The molecule has 1 aromatic carbocycles. The Morgan fingerprint density at radius 1 is 1.07 bits per heavy atom. The van der Waals surface area contributed by atoms with Crippen molar-refractivity contribution in [1.29, 1.82) is 0 Å². The van der Waals surface area contributed by atoms with Crippen LogP contribution in [0.5, 0.6) is 11.5 Å². The van der Waals surface area contributed by atoms with Crippen LogP contribution in [0.25, 0.3) is 0 Å². The normalized spacial score (nSPS) is 14.2. The van der Waals surface area contributed by atoms with Crippen molar-refractivity contribution in [1.82, 2.24) is 9.88 Å². The topological polar surface area (TPSA) is 51.7 Å². The summed E-state index contributed by atoms with van der Waals surface area (Å²) in [5.74, 6) is 1.03. The van der Waals surface area contributed by atoms with E-state index in [1.807, 2.05) is 12.1 Å². The van der Waals surface area contributed by atoms with Crippen molar-refractivity contribution in [3.05, 3.63) is 52.8 Å². The van der Waals surface area contributed by atoms with E-state index in [4.69, 9.17) is 9.47 Å². The molecule has 2 heterocycles. The molecule has 28 heavy (non-hydrogen) atoms. The molecule has 1 aromatic heterocycles. The highest BCUT2D eigenvalue weighted by Crippen LogP contribution is 2.32. The Balaban J connectivity index is 1.71.